The van der Waals surface area contributed by atoms with Crippen LogP contribution in [0.5, 0.6) is 0 Å². The molecule has 1 N–H and O–H groups in total. The van der Waals surface area contributed by atoms with Gasteiger partial charge in [-0.15, -0.1) is 0 Å². The number of nitrogens with one attached hydrogen (secondary N) is 1. The zero-order valence-electron chi connectivity index (χ0n) is 14.8. The lowest BCUT2D eigenvalue weighted by Gasteiger charge is -2.15. The van der Waals surface area contributed by atoms with Crippen molar-refractivity contribution in [2.24, 2.45) is 0 Å². The third-order valence-corrected chi connectivity index (χ3v) is 4.10. The predicted molar refractivity (Wildman–Crippen MR) is 99.4 cm³/mol. The van der Waals surface area contributed by atoms with Gasteiger partial charge >= 0.3 is 5.97 Å². The van der Waals surface area contributed by atoms with Crippen LogP contribution < -0.4 is 5.32 Å². The Morgan fingerprint density at radius 1 is 1.20 bits per heavy atom. The van der Waals surface area contributed by atoms with Gasteiger partial charge in [-0.2, -0.15) is 0 Å². The molecule has 0 spiro atoms. The van der Waals surface area contributed by atoms with E-state index in [1.807, 2.05) is 31.2 Å². The van der Waals surface area contributed by atoms with E-state index in [-0.39, 0.29) is 0 Å². The summed E-state index contributed by atoms with van der Waals surface area (Å²) in [4.78, 5) is 20.9. The SMILES string of the molecule is COC(=O)c1cnc2nc(C)ccc2c1Nc1cccc(C(C)C)c1. The van der Waals surface area contributed by atoms with E-state index < -0.39 is 5.97 Å². The van der Waals surface area contributed by atoms with Gasteiger partial charge in [0.15, 0.2) is 5.65 Å². The first-order valence-electron chi connectivity index (χ1n) is 8.21. The van der Waals surface area contributed by atoms with E-state index in [4.69, 9.17) is 4.74 Å². The fourth-order valence-corrected chi connectivity index (χ4v) is 2.69. The highest BCUT2D eigenvalue weighted by atomic mass is 16.5. The van der Waals surface area contributed by atoms with Crippen molar-refractivity contribution >= 4 is 28.4 Å². The van der Waals surface area contributed by atoms with E-state index in [0.29, 0.717) is 22.8 Å². The Labute approximate surface area is 147 Å². The van der Waals surface area contributed by atoms with Crippen LogP contribution >= 0.6 is 0 Å². The molecule has 1 aromatic carbocycles. The molecule has 0 aliphatic rings. The van der Waals surface area contributed by atoms with Crippen LogP contribution in [0.2, 0.25) is 0 Å². The number of esters is 1. The molecular weight excluding hydrogens is 314 g/mol. The fraction of sp³-hybridized carbons (Fsp3) is 0.250. The molecule has 128 valence electrons. The summed E-state index contributed by atoms with van der Waals surface area (Å²) >= 11 is 0. The molecule has 0 atom stereocenters. The van der Waals surface area contributed by atoms with Crippen molar-refractivity contribution in [2.75, 3.05) is 12.4 Å². The number of aromatic nitrogens is 2. The van der Waals surface area contributed by atoms with Crippen LogP contribution in [-0.4, -0.2) is 23.0 Å². The zero-order valence-corrected chi connectivity index (χ0v) is 14.8. The van der Waals surface area contributed by atoms with Crippen molar-refractivity contribution in [3.8, 4) is 0 Å². The number of methoxy groups -OCH3 is 1. The molecule has 0 fully saturated rings. The molecule has 5 heteroatoms. The number of carbonyl (C=O) groups excluding carboxylic acids is 1. The number of benzene rings is 1. The second-order valence-electron chi connectivity index (χ2n) is 6.27. The first-order chi connectivity index (χ1) is 12.0. The smallest absolute Gasteiger partial charge is 0.341 e. The number of pyridine rings is 2. The number of anilines is 2. The summed E-state index contributed by atoms with van der Waals surface area (Å²) in [6.45, 7) is 6.20. The molecule has 0 amide bonds. The highest BCUT2D eigenvalue weighted by Crippen LogP contribution is 2.30. The van der Waals surface area contributed by atoms with Crippen LogP contribution in [0.15, 0.2) is 42.6 Å². The summed E-state index contributed by atoms with van der Waals surface area (Å²) in [5.74, 6) is -0.0159. The third kappa shape index (κ3) is 3.45. The molecule has 0 bridgehead atoms. The van der Waals surface area contributed by atoms with Gasteiger partial charge in [0.2, 0.25) is 0 Å². The van der Waals surface area contributed by atoms with Crippen molar-refractivity contribution in [2.45, 2.75) is 26.7 Å². The molecule has 3 rings (SSSR count). The summed E-state index contributed by atoms with van der Waals surface area (Å²) in [7, 11) is 1.36. The van der Waals surface area contributed by atoms with Gasteiger partial charge in [0, 0.05) is 23.0 Å². The average molecular weight is 335 g/mol. The highest BCUT2D eigenvalue weighted by molar-refractivity contribution is 6.05. The van der Waals surface area contributed by atoms with Crippen LogP contribution in [0.4, 0.5) is 11.4 Å². The fourth-order valence-electron chi connectivity index (χ4n) is 2.69. The summed E-state index contributed by atoms with van der Waals surface area (Å²) in [6.07, 6.45) is 1.51. The molecule has 0 saturated carbocycles. The van der Waals surface area contributed by atoms with Crippen molar-refractivity contribution in [1.82, 2.24) is 9.97 Å². The number of aryl methyl sites for hydroxylation is 1. The van der Waals surface area contributed by atoms with Gasteiger partial charge in [0.25, 0.3) is 0 Å². The molecule has 0 saturated heterocycles. The maximum absolute atomic E-state index is 12.2. The lowest BCUT2D eigenvalue weighted by atomic mass is 10.0. The maximum Gasteiger partial charge on any atom is 0.341 e. The summed E-state index contributed by atoms with van der Waals surface area (Å²) in [6, 6.07) is 12.0. The molecule has 0 unspecified atom stereocenters. The van der Waals surface area contributed by atoms with Crippen LogP contribution in [0.3, 0.4) is 0 Å². The molecule has 5 nitrogen and oxygen atoms in total. The molecule has 3 aromatic rings. The molecule has 2 aromatic heterocycles. The largest absolute Gasteiger partial charge is 0.465 e. The number of carbonyl (C=O) groups is 1. The number of ether oxygens (including phenoxy) is 1. The van der Waals surface area contributed by atoms with Gasteiger partial charge in [-0.05, 0) is 42.7 Å². The predicted octanol–water partition coefficient (Wildman–Crippen LogP) is 4.59. The number of hydrogen-bond acceptors (Lipinski definition) is 5. The summed E-state index contributed by atoms with van der Waals surface area (Å²) in [5.41, 5.74) is 4.64. The van der Waals surface area contributed by atoms with E-state index in [2.05, 4.69) is 41.3 Å². The van der Waals surface area contributed by atoms with E-state index in [1.54, 1.807) is 0 Å². The van der Waals surface area contributed by atoms with Crippen LogP contribution in [0, 0.1) is 6.92 Å². The van der Waals surface area contributed by atoms with Gasteiger partial charge in [0.05, 0.1) is 12.8 Å². The minimum Gasteiger partial charge on any atom is -0.465 e. The van der Waals surface area contributed by atoms with Gasteiger partial charge < -0.3 is 10.1 Å². The minimum atomic E-state index is -0.433. The monoisotopic (exact) mass is 335 g/mol. The van der Waals surface area contributed by atoms with Crippen LogP contribution in [0.25, 0.3) is 11.0 Å². The Morgan fingerprint density at radius 2 is 2.00 bits per heavy atom. The third-order valence-electron chi connectivity index (χ3n) is 4.10. The highest BCUT2D eigenvalue weighted by Gasteiger charge is 2.17. The number of rotatable bonds is 4. The van der Waals surface area contributed by atoms with Gasteiger partial charge in [-0.25, -0.2) is 14.8 Å². The zero-order chi connectivity index (χ0) is 18.0. The average Bonchev–Trinajstić information content (AvgIpc) is 2.61. The van der Waals surface area contributed by atoms with Crippen molar-refractivity contribution < 1.29 is 9.53 Å². The number of hydrogen-bond donors (Lipinski definition) is 1. The van der Waals surface area contributed by atoms with E-state index >= 15 is 0 Å². The second kappa shape index (κ2) is 6.89. The number of nitrogens with zero attached hydrogens (tertiary/aromatic N) is 2. The summed E-state index contributed by atoms with van der Waals surface area (Å²) < 4.78 is 4.91. The number of fused-ring (bicyclic) bond motifs is 1. The summed E-state index contributed by atoms with van der Waals surface area (Å²) in [5, 5.41) is 4.15. The Hall–Kier alpha value is -2.95. The first-order valence-corrected chi connectivity index (χ1v) is 8.21. The van der Waals surface area contributed by atoms with Gasteiger partial charge in [0.1, 0.15) is 5.56 Å². The second-order valence-corrected chi connectivity index (χ2v) is 6.27. The van der Waals surface area contributed by atoms with Gasteiger partial charge in [-0.1, -0.05) is 26.0 Å². The Morgan fingerprint density at radius 3 is 2.72 bits per heavy atom. The normalized spacial score (nSPS) is 10.9. The van der Waals surface area contributed by atoms with E-state index in [1.165, 1.54) is 18.9 Å². The molecule has 25 heavy (non-hydrogen) atoms. The topological polar surface area (TPSA) is 64.1 Å². The van der Waals surface area contributed by atoms with Crippen LogP contribution in [-0.2, 0) is 4.74 Å². The van der Waals surface area contributed by atoms with Crippen LogP contribution in [0.1, 0.15) is 41.4 Å². The van der Waals surface area contributed by atoms with Crippen molar-refractivity contribution in [3.05, 3.63) is 59.4 Å². The Kier molecular flexibility index (Phi) is 4.65. The molecule has 0 aliphatic carbocycles. The van der Waals surface area contributed by atoms with Crippen molar-refractivity contribution in [1.29, 1.82) is 0 Å². The standard InChI is InChI=1S/C20H21N3O2/c1-12(2)14-6-5-7-15(10-14)23-18-16-9-8-13(3)22-19(16)21-11-17(18)20(24)25-4/h5-12H,1-4H3,(H,21,22,23). The lowest BCUT2D eigenvalue weighted by Crippen LogP contribution is -2.08. The maximum atomic E-state index is 12.2. The molecule has 0 aliphatic heterocycles. The van der Waals surface area contributed by atoms with Crippen molar-refractivity contribution in [3.63, 3.8) is 0 Å². The lowest BCUT2D eigenvalue weighted by molar-refractivity contribution is 0.0601. The quantitative estimate of drug-likeness (QED) is 0.706. The molecular formula is C20H21N3O2. The minimum absolute atomic E-state index is 0.385. The molecule has 2 heterocycles. The first kappa shape index (κ1) is 16.9. The Bertz CT molecular complexity index is 935. The molecule has 0 radical (unpaired) electrons. The Balaban J connectivity index is 2.15. The van der Waals surface area contributed by atoms with E-state index in [0.717, 1.165) is 16.8 Å². The van der Waals surface area contributed by atoms with E-state index in [9.17, 15) is 4.79 Å². The van der Waals surface area contributed by atoms with Gasteiger partial charge in [-0.3, -0.25) is 0 Å².